The molecule has 8 bridgehead atoms. The van der Waals surface area contributed by atoms with Crippen LogP contribution in [0.25, 0.3) is 12.2 Å². The van der Waals surface area contributed by atoms with Crippen LogP contribution in [0.4, 0.5) is 0 Å². The van der Waals surface area contributed by atoms with Gasteiger partial charge in [-0.1, -0.05) is 6.08 Å². The van der Waals surface area contributed by atoms with Crippen LogP contribution in [0.5, 0.6) is 0 Å². The van der Waals surface area contributed by atoms with Crippen LogP contribution in [-0.4, -0.2) is 33.0 Å². The van der Waals surface area contributed by atoms with E-state index in [0.29, 0.717) is 6.42 Å². The molecule has 6 nitrogen and oxygen atoms in total. The number of nitrogens with zero attached hydrogens (tertiary/aromatic N) is 2. The van der Waals surface area contributed by atoms with Crippen molar-refractivity contribution in [3.05, 3.63) is 82.5 Å². The van der Waals surface area contributed by atoms with Crippen molar-refractivity contribution in [2.45, 2.75) is 12.0 Å². The zero-order valence-corrected chi connectivity index (χ0v) is 14.3. The van der Waals surface area contributed by atoms with E-state index in [1.807, 2.05) is 60.7 Å². The van der Waals surface area contributed by atoms with E-state index in [0.717, 1.165) is 39.2 Å². The zero-order valence-electron chi connectivity index (χ0n) is 14.3. The van der Waals surface area contributed by atoms with Gasteiger partial charge >= 0.3 is 5.97 Å². The van der Waals surface area contributed by atoms with Gasteiger partial charge in [-0.15, -0.1) is 0 Å². The summed E-state index contributed by atoms with van der Waals surface area (Å²) in [6.07, 6.45) is 17.4. The number of nitrogens with one attached hydrogen (secondary N) is 2. The number of carbonyl (C=O) groups is 1. The Morgan fingerprint density at radius 2 is 1.67 bits per heavy atom. The maximum absolute atomic E-state index is 12.0. The van der Waals surface area contributed by atoms with Crippen molar-refractivity contribution in [1.82, 2.24) is 10.3 Å². The highest BCUT2D eigenvalue weighted by molar-refractivity contribution is 6.19. The van der Waals surface area contributed by atoms with Gasteiger partial charge in [0.05, 0.1) is 22.8 Å². The number of aromatic amines is 1. The molecule has 5 heterocycles. The summed E-state index contributed by atoms with van der Waals surface area (Å²) in [6.45, 7) is 0. The SMILES string of the molecule is O=C(O)C12C=c3ccc([nH]3)=CC3=NC(=CC4=NC(=CC(=CC1)N2)C=C4)C=C3. The maximum atomic E-state index is 12.0. The lowest BCUT2D eigenvalue weighted by molar-refractivity contribution is -0.141. The van der Waals surface area contributed by atoms with Crippen LogP contribution in [0.1, 0.15) is 6.42 Å². The second-order valence-corrected chi connectivity index (χ2v) is 6.80. The Hall–Kier alpha value is -3.67. The first-order valence-corrected chi connectivity index (χ1v) is 8.66. The molecule has 0 aromatic carbocycles. The number of allylic oxidation sites excluding steroid dienone is 6. The Kier molecular flexibility index (Phi) is 3.27. The minimum absolute atomic E-state index is 0.360. The predicted molar refractivity (Wildman–Crippen MR) is 104 cm³/mol. The first-order valence-electron chi connectivity index (χ1n) is 8.66. The molecule has 0 saturated heterocycles. The summed E-state index contributed by atoms with van der Waals surface area (Å²) in [4.78, 5) is 24.4. The number of carboxylic acid groups (broad SMARTS) is 1. The number of hydrogen-bond donors (Lipinski definition) is 3. The summed E-state index contributed by atoms with van der Waals surface area (Å²) in [6, 6.07) is 3.79. The fourth-order valence-corrected chi connectivity index (χ4v) is 3.47. The number of carboxylic acids is 1. The van der Waals surface area contributed by atoms with E-state index in [1.165, 1.54) is 0 Å². The van der Waals surface area contributed by atoms with Gasteiger partial charge in [0, 0.05) is 22.8 Å². The molecule has 4 aliphatic rings. The molecular weight excluding hydrogens is 340 g/mol. The number of fused-ring (bicyclic) bond motifs is 6. The molecule has 4 aliphatic heterocycles. The molecule has 0 amide bonds. The van der Waals surface area contributed by atoms with Crippen LogP contribution < -0.4 is 16.0 Å². The topological polar surface area (TPSA) is 89.8 Å². The molecule has 6 heteroatoms. The molecule has 0 fully saturated rings. The van der Waals surface area contributed by atoms with Crippen molar-refractivity contribution in [2.75, 3.05) is 0 Å². The summed E-state index contributed by atoms with van der Waals surface area (Å²) >= 11 is 0. The average molecular weight is 356 g/mol. The lowest BCUT2D eigenvalue weighted by Gasteiger charge is -2.21. The highest BCUT2D eigenvalue weighted by atomic mass is 16.4. The van der Waals surface area contributed by atoms with Crippen molar-refractivity contribution in [3.8, 4) is 0 Å². The van der Waals surface area contributed by atoms with Gasteiger partial charge in [-0.3, -0.25) is 0 Å². The van der Waals surface area contributed by atoms with Crippen molar-refractivity contribution in [2.24, 2.45) is 9.98 Å². The number of aromatic nitrogens is 1. The van der Waals surface area contributed by atoms with Gasteiger partial charge in [-0.2, -0.15) is 0 Å². The molecule has 5 rings (SSSR count). The Labute approximate surface area is 154 Å². The summed E-state index contributed by atoms with van der Waals surface area (Å²) < 4.78 is 0. The van der Waals surface area contributed by atoms with E-state index < -0.39 is 11.5 Å². The second kappa shape index (κ2) is 5.67. The minimum atomic E-state index is -1.18. The summed E-state index contributed by atoms with van der Waals surface area (Å²) in [5.74, 6) is -0.921. The molecule has 1 atom stereocenters. The Morgan fingerprint density at radius 1 is 0.963 bits per heavy atom. The van der Waals surface area contributed by atoms with Crippen LogP contribution in [0, 0.1) is 0 Å². The van der Waals surface area contributed by atoms with E-state index in [2.05, 4.69) is 20.3 Å². The third-order valence-corrected chi connectivity index (χ3v) is 4.79. The van der Waals surface area contributed by atoms with E-state index in [1.54, 1.807) is 6.08 Å². The van der Waals surface area contributed by atoms with Gasteiger partial charge in [0.25, 0.3) is 0 Å². The van der Waals surface area contributed by atoms with Gasteiger partial charge in [0.15, 0.2) is 5.54 Å². The van der Waals surface area contributed by atoms with Crippen LogP contribution in [0.2, 0.25) is 0 Å². The fourth-order valence-electron chi connectivity index (χ4n) is 3.47. The monoisotopic (exact) mass is 356 g/mol. The van der Waals surface area contributed by atoms with Crippen LogP contribution in [-0.2, 0) is 4.79 Å². The maximum Gasteiger partial charge on any atom is 0.333 e. The molecule has 1 aromatic heterocycles. The lowest BCUT2D eigenvalue weighted by atomic mass is 9.97. The highest BCUT2D eigenvalue weighted by Crippen LogP contribution is 2.25. The summed E-state index contributed by atoms with van der Waals surface area (Å²) in [5.41, 5.74) is 2.83. The van der Waals surface area contributed by atoms with Gasteiger partial charge in [0.2, 0.25) is 0 Å². The quantitative estimate of drug-likeness (QED) is 0.703. The standard InChI is InChI=1S/C21H16N4O2/c26-20(27)21-8-7-18(25-21)11-17-4-3-14(23-17)9-13-1-2-15(22-13)10-16-5-6-19(12-21)24-16/h1-7,9-12,24-25H,8H2,(H,26,27). The molecule has 3 N–H and O–H groups in total. The zero-order chi connectivity index (χ0) is 18.4. The molecule has 132 valence electrons. The average Bonchev–Trinajstić information content (AvgIpc) is 3.39. The van der Waals surface area contributed by atoms with Crippen LogP contribution in [0.3, 0.4) is 0 Å². The molecule has 1 aromatic rings. The number of hydrogen-bond acceptors (Lipinski definition) is 4. The van der Waals surface area contributed by atoms with E-state index in [-0.39, 0.29) is 0 Å². The van der Waals surface area contributed by atoms with Gasteiger partial charge in [-0.25, -0.2) is 14.8 Å². The largest absolute Gasteiger partial charge is 0.479 e. The Morgan fingerprint density at radius 3 is 2.44 bits per heavy atom. The van der Waals surface area contributed by atoms with Gasteiger partial charge in [0.1, 0.15) is 0 Å². The molecule has 0 aliphatic carbocycles. The molecule has 0 spiro atoms. The number of rotatable bonds is 1. The van der Waals surface area contributed by atoms with Crippen molar-refractivity contribution >= 4 is 29.5 Å². The molecule has 0 saturated carbocycles. The number of aliphatic carboxylic acids is 1. The van der Waals surface area contributed by atoms with Crippen molar-refractivity contribution in [3.63, 3.8) is 0 Å². The third-order valence-electron chi connectivity index (χ3n) is 4.79. The smallest absolute Gasteiger partial charge is 0.333 e. The first-order chi connectivity index (χ1) is 13.1. The fraction of sp³-hybridized carbons (Fsp3) is 0.0952. The van der Waals surface area contributed by atoms with Gasteiger partial charge in [-0.05, 0) is 60.7 Å². The number of H-pyrrole nitrogens is 1. The van der Waals surface area contributed by atoms with E-state index in [9.17, 15) is 9.90 Å². The van der Waals surface area contributed by atoms with Crippen molar-refractivity contribution in [1.29, 1.82) is 0 Å². The molecule has 27 heavy (non-hydrogen) atoms. The highest BCUT2D eigenvalue weighted by Gasteiger charge is 2.39. The van der Waals surface area contributed by atoms with Gasteiger partial charge < -0.3 is 15.4 Å². The predicted octanol–water partition coefficient (Wildman–Crippen LogP) is 1.08. The van der Waals surface area contributed by atoms with E-state index >= 15 is 0 Å². The minimum Gasteiger partial charge on any atom is -0.479 e. The Bertz CT molecular complexity index is 1200. The number of aliphatic imine (C=N–C) groups is 2. The van der Waals surface area contributed by atoms with Crippen LogP contribution in [0.15, 0.2) is 81.7 Å². The molecular formula is C21H16N4O2. The molecule has 1 unspecified atom stereocenters. The van der Waals surface area contributed by atoms with Crippen LogP contribution >= 0.6 is 0 Å². The Balaban J connectivity index is 1.69. The van der Waals surface area contributed by atoms with E-state index in [4.69, 9.17) is 0 Å². The summed E-state index contributed by atoms with van der Waals surface area (Å²) in [7, 11) is 0. The molecule has 0 radical (unpaired) electrons. The third kappa shape index (κ3) is 2.81. The first kappa shape index (κ1) is 15.6. The normalized spacial score (nSPS) is 24.8. The second-order valence-electron chi connectivity index (χ2n) is 6.80. The summed E-state index contributed by atoms with van der Waals surface area (Å²) in [5, 5.41) is 14.6. The van der Waals surface area contributed by atoms with Crippen molar-refractivity contribution < 1.29 is 9.90 Å². The lowest BCUT2D eigenvalue weighted by Crippen LogP contribution is -2.47.